The fourth-order valence-electron chi connectivity index (χ4n) is 2.30. The van der Waals surface area contributed by atoms with Crippen molar-refractivity contribution < 1.29 is 4.74 Å². The lowest BCUT2D eigenvalue weighted by Crippen LogP contribution is -1.84. The van der Waals surface area contributed by atoms with Gasteiger partial charge in [-0.05, 0) is 30.2 Å². The predicted octanol–water partition coefficient (Wildman–Crippen LogP) is 4.89. The molecule has 0 radical (unpaired) electrons. The number of rotatable bonds is 4. The molecule has 0 aliphatic rings. The third kappa shape index (κ3) is 2.41. The van der Waals surface area contributed by atoms with Crippen molar-refractivity contribution in [2.75, 3.05) is 7.11 Å². The number of hydrogen-bond donors (Lipinski definition) is 1. The number of aromatic nitrogens is 1. The summed E-state index contributed by atoms with van der Waals surface area (Å²) in [5.41, 5.74) is 2.50. The van der Waals surface area contributed by atoms with Gasteiger partial charge < -0.3 is 9.72 Å². The summed E-state index contributed by atoms with van der Waals surface area (Å²) in [5, 5.41) is 1.24. The molecule has 3 heteroatoms. The quantitative estimate of drug-likeness (QED) is 0.737. The van der Waals surface area contributed by atoms with Gasteiger partial charge in [0, 0.05) is 27.4 Å². The van der Waals surface area contributed by atoms with Gasteiger partial charge >= 0.3 is 0 Å². The fraction of sp³-hybridized carbons (Fsp3) is 0.176. The highest BCUT2D eigenvalue weighted by Crippen LogP contribution is 2.36. The first-order valence-corrected chi connectivity index (χ1v) is 7.54. The van der Waals surface area contributed by atoms with Crippen molar-refractivity contribution in [3.63, 3.8) is 0 Å². The van der Waals surface area contributed by atoms with E-state index in [0.717, 1.165) is 17.7 Å². The second-order valence-electron chi connectivity index (χ2n) is 4.63. The first-order valence-electron chi connectivity index (χ1n) is 6.72. The maximum atomic E-state index is 5.26. The zero-order valence-electron chi connectivity index (χ0n) is 11.6. The summed E-state index contributed by atoms with van der Waals surface area (Å²) in [6.45, 7) is 2.19. The summed E-state index contributed by atoms with van der Waals surface area (Å²) in [6.07, 6.45) is 3.13. The molecule has 0 saturated carbocycles. The number of fused-ring (bicyclic) bond motifs is 1. The fourth-order valence-corrected chi connectivity index (χ4v) is 3.44. The number of aryl methyl sites for hydroxylation is 1. The molecular weight excluding hydrogens is 266 g/mol. The van der Waals surface area contributed by atoms with Gasteiger partial charge in [0.15, 0.2) is 0 Å². The van der Waals surface area contributed by atoms with Gasteiger partial charge in [-0.2, -0.15) is 0 Å². The summed E-state index contributed by atoms with van der Waals surface area (Å²) in [6, 6.07) is 14.7. The van der Waals surface area contributed by atoms with Gasteiger partial charge in [-0.25, -0.2) is 0 Å². The van der Waals surface area contributed by atoms with Crippen LogP contribution in [0.5, 0.6) is 5.75 Å². The molecule has 1 aromatic heterocycles. The molecule has 2 nitrogen and oxygen atoms in total. The molecule has 0 amide bonds. The first kappa shape index (κ1) is 13.1. The maximum absolute atomic E-state index is 5.26. The van der Waals surface area contributed by atoms with Gasteiger partial charge in [-0.15, -0.1) is 0 Å². The Morgan fingerprint density at radius 1 is 1.10 bits per heavy atom. The topological polar surface area (TPSA) is 25.0 Å². The second kappa shape index (κ2) is 5.63. The summed E-state index contributed by atoms with van der Waals surface area (Å²) in [4.78, 5) is 5.90. The van der Waals surface area contributed by atoms with E-state index < -0.39 is 0 Å². The van der Waals surface area contributed by atoms with Crippen molar-refractivity contribution >= 4 is 22.7 Å². The molecule has 0 fully saturated rings. The Kier molecular flexibility index (Phi) is 3.70. The van der Waals surface area contributed by atoms with Crippen LogP contribution in [0.2, 0.25) is 0 Å². The Labute approximate surface area is 123 Å². The number of benzene rings is 2. The van der Waals surface area contributed by atoms with Crippen LogP contribution >= 0.6 is 11.8 Å². The summed E-state index contributed by atoms with van der Waals surface area (Å²) < 4.78 is 5.26. The molecule has 0 unspecified atom stereocenters. The van der Waals surface area contributed by atoms with Gasteiger partial charge in [-0.1, -0.05) is 36.9 Å². The van der Waals surface area contributed by atoms with Crippen molar-refractivity contribution in [2.45, 2.75) is 23.1 Å². The van der Waals surface area contributed by atoms with Gasteiger partial charge in [0.25, 0.3) is 0 Å². The van der Waals surface area contributed by atoms with Gasteiger partial charge in [-0.3, -0.25) is 0 Å². The second-order valence-corrected chi connectivity index (χ2v) is 5.71. The lowest BCUT2D eigenvalue weighted by Gasteiger charge is -2.06. The zero-order valence-corrected chi connectivity index (χ0v) is 12.5. The normalized spacial score (nSPS) is 10.9. The van der Waals surface area contributed by atoms with Crippen molar-refractivity contribution in [2.24, 2.45) is 0 Å². The maximum Gasteiger partial charge on any atom is 0.120 e. The number of H-pyrrole nitrogens is 1. The number of nitrogens with one attached hydrogen (secondary N) is 1. The van der Waals surface area contributed by atoms with Crippen LogP contribution in [-0.2, 0) is 6.42 Å². The Morgan fingerprint density at radius 3 is 2.75 bits per heavy atom. The van der Waals surface area contributed by atoms with E-state index in [-0.39, 0.29) is 0 Å². The smallest absolute Gasteiger partial charge is 0.120 e. The van der Waals surface area contributed by atoms with Crippen molar-refractivity contribution in [3.8, 4) is 5.75 Å². The minimum absolute atomic E-state index is 0.879. The molecule has 102 valence electrons. The summed E-state index contributed by atoms with van der Waals surface area (Å²) >= 11 is 1.82. The van der Waals surface area contributed by atoms with E-state index >= 15 is 0 Å². The molecule has 0 bridgehead atoms. The molecular formula is C17H17NOS. The minimum Gasteiger partial charge on any atom is -0.497 e. The van der Waals surface area contributed by atoms with Crippen molar-refractivity contribution in [1.82, 2.24) is 4.98 Å². The van der Waals surface area contributed by atoms with E-state index in [0.29, 0.717) is 0 Å². The average Bonchev–Trinajstić information content (AvgIpc) is 2.90. The molecule has 1 N–H and O–H groups in total. The Balaban J connectivity index is 1.99. The third-order valence-electron chi connectivity index (χ3n) is 3.42. The first-order chi connectivity index (χ1) is 9.81. The number of aromatic amines is 1. The molecule has 1 heterocycles. The molecule has 0 aliphatic heterocycles. The van der Waals surface area contributed by atoms with Crippen LogP contribution in [0.4, 0.5) is 0 Å². The van der Waals surface area contributed by atoms with Crippen LogP contribution in [0, 0.1) is 0 Å². The van der Waals surface area contributed by atoms with Crippen LogP contribution in [0.15, 0.2) is 58.5 Å². The van der Waals surface area contributed by atoms with E-state index in [1.54, 1.807) is 7.11 Å². The minimum atomic E-state index is 0.879. The van der Waals surface area contributed by atoms with Crippen molar-refractivity contribution in [3.05, 3.63) is 54.2 Å². The molecule has 2 aromatic carbocycles. The zero-order chi connectivity index (χ0) is 13.9. The van der Waals surface area contributed by atoms with Crippen LogP contribution in [-0.4, -0.2) is 12.1 Å². The van der Waals surface area contributed by atoms with Gasteiger partial charge in [0.1, 0.15) is 5.75 Å². The molecule has 0 spiro atoms. The largest absolute Gasteiger partial charge is 0.497 e. The molecule has 3 aromatic rings. The van der Waals surface area contributed by atoms with Gasteiger partial charge in [0.05, 0.1) is 12.6 Å². The molecule has 20 heavy (non-hydrogen) atoms. The highest BCUT2D eigenvalue weighted by molar-refractivity contribution is 7.99. The molecule has 0 saturated heterocycles. The lowest BCUT2D eigenvalue weighted by atomic mass is 10.2. The monoisotopic (exact) mass is 283 g/mol. The van der Waals surface area contributed by atoms with E-state index in [1.165, 1.54) is 20.7 Å². The number of methoxy groups -OCH3 is 1. The lowest BCUT2D eigenvalue weighted by molar-refractivity contribution is 0.415. The predicted molar refractivity (Wildman–Crippen MR) is 84.8 cm³/mol. The van der Waals surface area contributed by atoms with E-state index in [9.17, 15) is 0 Å². The SMILES string of the molecule is CCc1ccccc1Sc1c[nH]c2cc(OC)ccc12. The Bertz CT molecular complexity index is 733. The van der Waals surface area contributed by atoms with Crippen molar-refractivity contribution in [1.29, 1.82) is 0 Å². The van der Waals surface area contributed by atoms with Crippen LogP contribution in [0.25, 0.3) is 10.9 Å². The molecule has 0 atom stereocenters. The van der Waals surface area contributed by atoms with E-state index in [4.69, 9.17) is 4.74 Å². The molecule has 0 aliphatic carbocycles. The Morgan fingerprint density at radius 2 is 1.95 bits per heavy atom. The molecule has 3 rings (SSSR count). The van der Waals surface area contributed by atoms with Gasteiger partial charge in [0.2, 0.25) is 0 Å². The third-order valence-corrected chi connectivity index (χ3v) is 4.60. The average molecular weight is 283 g/mol. The highest BCUT2D eigenvalue weighted by Gasteiger charge is 2.08. The Hall–Kier alpha value is -1.87. The highest BCUT2D eigenvalue weighted by atomic mass is 32.2. The summed E-state index contributed by atoms with van der Waals surface area (Å²) in [5.74, 6) is 0.879. The van der Waals surface area contributed by atoms with Crippen LogP contribution in [0.1, 0.15) is 12.5 Å². The number of ether oxygens (including phenoxy) is 1. The van der Waals surface area contributed by atoms with E-state index in [1.807, 2.05) is 23.9 Å². The standard InChI is InChI=1S/C17H17NOS/c1-3-12-6-4-5-7-16(12)20-17-11-18-15-10-13(19-2)8-9-14(15)17/h4-11,18H,3H2,1-2H3. The number of hydrogen-bond acceptors (Lipinski definition) is 2. The van der Waals surface area contributed by atoms with Crippen LogP contribution < -0.4 is 4.74 Å². The summed E-state index contributed by atoms with van der Waals surface area (Å²) in [7, 11) is 1.69. The van der Waals surface area contributed by atoms with E-state index in [2.05, 4.69) is 48.4 Å². The van der Waals surface area contributed by atoms with Crippen LogP contribution in [0.3, 0.4) is 0 Å².